The summed E-state index contributed by atoms with van der Waals surface area (Å²) in [6.45, 7) is 3.91. The molecule has 0 bridgehead atoms. The van der Waals surface area contributed by atoms with Gasteiger partial charge in [-0.05, 0) is 19.1 Å². The number of sulfonamides is 2. The summed E-state index contributed by atoms with van der Waals surface area (Å²) in [5.41, 5.74) is -0.00938. The van der Waals surface area contributed by atoms with Gasteiger partial charge in [-0.2, -0.15) is 4.72 Å². The highest BCUT2D eigenvalue weighted by Gasteiger charge is 2.34. The molecule has 4 N–H and O–H groups in total. The molecule has 0 saturated heterocycles. The number of thioether (sulfide) groups is 1. The lowest BCUT2D eigenvalue weighted by atomic mass is 10.2. The molecule has 1 heterocycles. The van der Waals surface area contributed by atoms with E-state index in [2.05, 4.69) is 10.0 Å². The fourth-order valence-electron chi connectivity index (χ4n) is 3.08. The van der Waals surface area contributed by atoms with Gasteiger partial charge in [0.15, 0.2) is 5.12 Å². The number of carbonyl (C=O) groups is 3. The third kappa shape index (κ3) is 7.29. The number of fused-ring (bicyclic) bond motifs is 1. The minimum atomic E-state index is -4.28. The molecule has 16 heteroatoms. The molecule has 0 radical (unpaired) electrons. The monoisotopic (exact) mass is 556 g/mol. The second-order valence-corrected chi connectivity index (χ2v) is 12.2. The van der Waals surface area contributed by atoms with Crippen molar-refractivity contribution < 1.29 is 36.0 Å². The minimum Gasteiger partial charge on any atom is -0.465 e. The summed E-state index contributed by atoms with van der Waals surface area (Å²) >= 11 is 6.93. The molecule has 2 atom stereocenters. The van der Waals surface area contributed by atoms with E-state index >= 15 is 0 Å². The van der Waals surface area contributed by atoms with E-state index in [1.54, 1.807) is 13.8 Å². The molecule has 0 fully saturated rings. The van der Waals surface area contributed by atoms with Crippen LogP contribution in [0.15, 0.2) is 21.9 Å². The van der Waals surface area contributed by atoms with E-state index in [9.17, 15) is 31.2 Å². The van der Waals surface area contributed by atoms with Crippen LogP contribution in [0.2, 0.25) is 5.02 Å². The molecule has 1 aromatic carbocycles. The van der Waals surface area contributed by atoms with Crippen LogP contribution in [-0.2, 0) is 39.2 Å². The van der Waals surface area contributed by atoms with Crippen LogP contribution in [0.3, 0.4) is 0 Å². The number of halogens is 1. The molecule has 1 aliphatic rings. The number of nitrogens with two attached hydrogens (primary N) is 1. The van der Waals surface area contributed by atoms with Gasteiger partial charge in [0.1, 0.15) is 22.5 Å². The standard InChI is InChI=1S/C18H25ClN4O8S3/c1-4-31-17(25)8-23(18(26)10(2)9-32-11(3)24)7-16-21-13-5-12(19)14(33(20,27)28)6-15(13)34(29,30)22-16/h5-6,10,16,21-22H,4,7-9H2,1-3H3,(H2,20,27,28). The number of benzene rings is 1. The SMILES string of the molecule is CCOC(=O)CN(CC1Nc2cc(Cl)c(S(N)(=O)=O)cc2S(=O)(=O)N1)C(=O)C(C)CSC(C)=O. The Labute approximate surface area is 207 Å². The topological polar surface area (TPSA) is 182 Å². The first-order valence-corrected chi connectivity index (χ1v) is 14.3. The van der Waals surface area contributed by atoms with Gasteiger partial charge in [-0.25, -0.2) is 22.0 Å². The molecule has 34 heavy (non-hydrogen) atoms. The Hall–Kier alpha value is -1.91. The lowest BCUT2D eigenvalue weighted by Gasteiger charge is -2.33. The van der Waals surface area contributed by atoms with Gasteiger partial charge in [-0.1, -0.05) is 30.3 Å². The number of amides is 1. The number of nitrogens with one attached hydrogen (secondary N) is 2. The summed E-state index contributed by atoms with van der Waals surface area (Å²) < 4.78 is 56.2. The van der Waals surface area contributed by atoms with Gasteiger partial charge >= 0.3 is 5.97 Å². The predicted octanol–water partition coefficient (Wildman–Crippen LogP) is 0.325. The first-order valence-electron chi connectivity index (χ1n) is 9.88. The van der Waals surface area contributed by atoms with E-state index in [1.807, 2.05) is 0 Å². The van der Waals surface area contributed by atoms with Crippen molar-refractivity contribution in [1.82, 2.24) is 9.62 Å². The molecule has 1 aromatic rings. The fraction of sp³-hybridized carbons (Fsp3) is 0.500. The third-order valence-electron chi connectivity index (χ3n) is 4.56. The Morgan fingerprint density at radius 2 is 1.97 bits per heavy atom. The van der Waals surface area contributed by atoms with Crippen molar-refractivity contribution in [2.45, 2.75) is 36.7 Å². The number of esters is 1. The number of anilines is 1. The Morgan fingerprint density at radius 3 is 2.53 bits per heavy atom. The Kier molecular flexibility index (Phi) is 9.35. The van der Waals surface area contributed by atoms with Crippen molar-refractivity contribution in [2.75, 3.05) is 30.8 Å². The maximum absolute atomic E-state index is 13.0. The van der Waals surface area contributed by atoms with Gasteiger partial charge in [0, 0.05) is 18.6 Å². The second kappa shape index (κ2) is 11.2. The quantitative estimate of drug-likeness (QED) is 0.358. The van der Waals surface area contributed by atoms with E-state index in [0.29, 0.717) is 0 Å². The lowest BCUT2D eigenvalue weighted by Crippen LogP contribution is -2.54. The van der Waals surface area contributed by atoms with E-state index < -0.39 is 60.3 Å². The van der Waals surface area contributed by atoms with Gasteiger partial charge in [0.05, 0.1) is 23.9 Å². The van der Waals surface area contributed by atoms with E-state index in [0.717, 1.165) is 28.8 Å². The molecule has 190 valence electrons. The summed E-state index contributed by atoms with van der Waals surface area (Å²) in [7, 11) is -8.52. The summed E-state index contributed by atoms with van der Waals surface area (Å²) in [6, 6.07) is 1.94. The van der Waals surface area contributed by atoms with Crippen LogP contribution >= 0.6 is 23.4 Å². The molecular formula is C18H25ClN4O8S3. The third-order valence-corrected chi connectivity index (χ3v) is 8.52. The van der Waals surface area contributed by atoms with Crippen molar-refractivity contribution in [3.63, 3.8) is 0 Å². The van der Waals surface area contributed by atoms with Gasteiger partial charge in [-0.3, -0.25) is 14.4 Å². The average Bonchev–Trinajstić information content (AvgIpc) is 2.69. The summed E-state index contributed by atoms with van der Waals surface area (Å²) in [5.74, 6) is -1.66. The Balaban J connectivity index is 2.33. The highest BCUT2D eigenvalue weighted by atomic mass is 35.5. The van der Waals surface area contributed by atoms with E-state index in [-0.39, 0.29) is 34.7 Å². The predicted molar refractivity (Wildman–Crippen MR) is 126 cm³/mol. The highest BCUT2D eigenvalue weighted by Crippen LogP contribution is 2.33. The molecule has 0 aromatic heterocycles. The molecule has 2 unspecified atom stereocenters. The maximum Gasteiger partial charge on any atom is 0.325 e. The summed E-state index contributed by atoms with van der Waals surface area (Å²) in [4.78, 5) is 36.4. The highest BCUT2D eigenvalue weighted by molar-refractivity contribution is 8.13. The smallest absolute Gasteiger partial charge is 0.325 e. The molecule has 0 spiro atoms. The zero-order valence-electron chi connectivity index (χ0n) is 18.5. The van der Waals surface area contributed by atoms with Crippen LogP contribution in [0.4, 0.5) is 5.69 Å². The number of carbonyl (C=O) groups excluding carboxylic acids is 3. The van der Waals surface area contributed by atoms with Gasteiger partial charge in [-0.15, -0.1) is 0 Å². The summed E-state index contributed by atoms with van der Waals surface area (Å²) in [5, 5.41) is 7.46. The van der Waals surface area contributed by atoms with Crippen molar-refractivity contribution in [3.05, 3.63) is 17.2 Å². The first-order chi connectivity index (χ1) is 15.7. The average molecular weight is 557 g/mol. The molecule has 1 amide bonds. The zero-order chi connectivity index (χ0) is 25.8. The van der Waals surface area contributed by atoms with Crippen LogP contribution in [-0.4, -0.2) is 70.3 Å². The lowest BCUT2D eigenvalue weighted by molar-refractivity contribution is -0.150. The number of nitrogens with zero attached hydrogens (tertiary/aromatic N) is 1. The zero-order valence-corrected chi connectivity index (χ0v) is 21.7. The van der Waals surface area contributed by atoms with Crippen molar-refractivity contribution >= 4 is 66.1 Å². The number of ether oxygens (including phenoxy) is 1. The van der Waals surface area contributed by atoms with Gasteiger partial charge < -0.3 is 15.0 Å². The van der Waals surface area contributed by atoms with Crippen molar-refractivity contribution in [2.24, 2.45) is 11.1 Å². The number of rotatable bonds is 9. The Morgan fingerprint density at radius 1 is 1.32 bits per heavy atom. The Bertz CT molecular complexity index is 1190. The van der Waals surface area contributed by atoms with Crippen LogP contribution in [0.5, 0.6) is 0 Å². The summed E-state index contributed by atoms with van der Waals surface area (Å²) in [6.07, 6.45) is -1.08. The molecule has 0 aliphatic carbocycles. The van der Waals surface area contributed by atoms with E-state index in [4.69, 9.17) is 21.5 Å². The fourth-order valence-corrected chi connectivity index (χ4v) is 6.20. The maximum atomic E-state index is 13.0. The normalized spacial score (nSPS) is 17.7. The number of hydrogen-bond acceptors (Lipinski definition) is 10. The molecular weight excluding hydrogens is 532 g/mol. The second-order valence-electron chi connectivity index (χ2n) is 7.37. The minimum absolute atomic E-state index is 0.00938. The number of primary sulfonamides is 1. The molecule has 2 rings (SSSR count). The van der Waals surface area contributed by atoms with Gasteiger partial charge in [0.25, 0.3) is 0 Å². The van der Waals surface area contributed by atoms with E-state index in [1.165, 1.54) is 6.92 Å². The largest absolute Gasteiger partial charge is 0.465 e. The van der Waals surface area contributed by atoms with Crippen LogP contribution < -0.4 is 15.2 Å². The van der Waals surface area contributed by atoms with Crippen LogP contribution in [0.25, 0.3) is 0 Å². The van der Waals surface area contributed by atoms with Crippen molar-refractivity contribution in [3.8, 4) is 0 Å². The first kappa shape index (κ1) is 28.3. The number of hydrogen-bond donors (Lipinski definition) is 3. The van der Waals surface area contributed by atoms with Crippen molar-refractivity contribution in [1.29, 1.82) is 0 Å². The van der Waals surface area contributed by atoms with Gasteiger partial charge in [0.2, 0.25) is 26.0 Å². The molecule has 12 nitrogen and oxygen atoms in total. The molecule has 1 aliphatic heterocycles. The van der Waals surface area contributed by atoms with Crippen LogP contribution in [0, 0.1) is 5.92 Å². The molecule has 0 saturated carbocycles. The van der Waals surface area contributed by atoms with Crippen LogP contribution in [0.1, 0.15) is 20.8 Å².